The van der Waals surface area contributed by atoms with Gasteiger partial charge in [-0.2, -0.15) is 0 Å². The van der Waals surface area contributed by atoms with Crippen LogP contribution in [0.3, 0.4) is 0 Å². The molecule has 3 heteroatoms. The highest BCUT2D eigenvalue weighted by Crippen LogP contribution is 2.64. The van der Waals surface area contributed by atoms with Crippen LogP contribution < -0.4 is 5.32 Å². The summed E-state index contributed by atoms with van der Waals surface area (Å²) in [7, 11) is 0. The molecule has 0 radical (unpaired) electrons. The maximum atomic E-state index is 11.7. The van der Waals surface area contributed by atoms with E-state index in [1.807, 2.05) is 6.08 Å². The number of aliphatic hydroxyl groups is 1. The van der Waals surface area contributed by atoms with E-state index in [1.54, 1.807) is 6.08 Å². The molecule has 0 aliphatic heterocycles. The first-order valence-electron chi connectivity index (χ1n) is 10.7. The molecule has 146 valence electrons. The van der Waals surface area contributed by atoms with Gasteiger partial charge in [-0.1, -0.05) is 39.3 Å². The van der Waals surface area contributed by atoms with Crippen molar-refractivity contribution in [2.45, 2.75) is 72.3 Å². The number of ketones is 1. The van der Waals surface area contributed by atoms with Crippen molar-refractivity contribution in [2.24, 2.45) is 28.6 Å². The molecule has 2 N–H and O–H groups in total. The Kier molecular flexibility index (Phi) is 5.79. The van der Waals surface area contributed by atoms with E-state index in [9.17, 15) is 9.90 Å². The Morgan fingerprint density at radius 2 is 1.85 bits per heavy atom. The third kappa shape index (κ3) is 3.22. The van der Waals surface area contributed by atoms with Crippen molar-refractivity contribution in [2.75, 3.05) is 13.1 Å². The summed E-state index contributed by atoms with van der Waals surface area (Å²) in [5.74, 6) is 2.22. The number of nitrogens with one attached hydrogen (secondary N) is 1. The highest BCUT2D eigenvalue weighted by molar-refractivity contribution is 6.01. The van der Waals surface area contributed by atoms with Crippen molar-refractivity contribution in [3.63, 3.8) is 0 Å². The molecule has 6 atom stereocenters. The highest BCUT2D eigenvalue weighted by Gasteiger charge is 2.58. The van der Waals surface area contributed by atoms with Gasteiger partial charge in [0.15, 0.2) is 5.78 Å². The van der Waals surface area contributed by atoms with Crippen LogP contribution in [0.25, 0.3) is 0 Å². The Morgan fingerprint density at radius 3 is 2.50 bits per heavy atom. The number of hydrogen-bond donors (Lipinski definition) is 2. The normalized spacial score (nSPS) is 43.6. The molecule has 0 unspecified atom stereocenters. The van der Waals surface area contributed by atoms with Crippen LogP contribution in [0.1, 0.15) is 66.2 Å². The zero-order valence-corrected chi connectivity index (χ0v) is 17.1. The zero-order chi connectivity index (χ0) is 18.9. The first-order valence-corrected chi connectivity index (χ1v) is 10.7. The molecule has 4 rings (SSSR count). The van der Waals surface area contributed by atoms with E-state index in [1.165, 1.54) is 24.8 Å². The third-order valence-corrected chi connectivity index (χ3v) is 8.01. The fraction of sp³-hybridized carbons (Fsp3) is 0.783. The fourth-order valence-electron chi connectivity index (χ4n) is 6.42. The predicted molar refractivity (Wildman–Crippen MR) is 107 cm³/mol. The van der Waals surface area contributed by atoms with E-state index >= 15 is 0 Å². The number of rotatable bonds is 2. The number of carbonyl (C=O) groups is 1. The van der Waals surface area contributed by atoms with Crippen LogP contribution in [0, 0.1) is 28.6 Å². The fourth-order valence-corrected chi connectivity index (χ4v) is 6.42. The molecule has 4 aliphatic carbocycles. The molecule has 3 saturated carbocycles. The lowest BCUT2D eigenvalue weighted by Crippen LogP contribution is -2.50. The summed E-state index contributed by atoms with van der Waals surface area (Å²) in [4.78, 5) is 11.7. The van der Waals surface area contributed by atoms with E-state index in [2.05, 4.69) is 39.1 Å². The molecular weight excluding hydrogens is 322 g/mol. The quantitative estimate of drug-likeness (QED) is 0.774. The van der Waals surface area contributed by atoms with Crippen molar-refractivity contribution < 1.29 is 9.90 Å². The van der Waals surface area contributed by atoms with Crippen LogP contribution in [-0.2, 0) is 4.79 Å². The SMILES string of the molecule is CCNCC.C[C@]12CC[C@H]3[C@@H](CCC4=CC(=O)C=C[C@@]43C)[C@@H]1CC[C@@H]2O. The van der Waals surface area contributed by atoms with Gasteiger partial charge in [0.2, 0.25) is 0 Å². The number of fused-ring (bicyclic) bond motifs is 5. The largest absolute Gasteiger partial charge is 0.393 e. The third-order valence-electron chi connectivity index (χ3n) is 8.01. The molecule has 3 fully saturated rings. The van der Waals surface area contributed by atoms with Gasteiger partial charge in [-0.3, -0.25) is 4.79 Å². The summed E-state index contributed by atoms with van der Waals surface area (Å²) in [6, 6.07) is 0. The van der Waals surface area contributed by atoms with Gasteiger partial charge < -0.3 is 10.4 Å². The minimum atomic E-state index is -0.100. The van der Waals surface area contributed by atoms with Crippen molar-refractivity contribution in [1.29, 1.82) is 0 Å². The Hall–Kier alpha value is -0.930. The molecule has 4 aliphatic rings. The Bertz CT molecular complexity index is 593. The van der Waals surface area contributed by atoms with Crippen LogP contribution in [0.2, 0.25) is 0 Å². The molecule has 0 heterocycles. The monoisotopic (exact) mass is 359 g/mol. The number of allylic oxidation sites excluding steroid dienone is 4. The molecule has 26 heavy (non-hydrogen) atoms. The van der Waals surface area contributed by atoms with Gasteiger partial charge in [0.1, 0.15) is 0 Å². The van der Waals surface area contributed by atoms with E-state index < -0.39 is 0 Å². The van der Waals surface area contributed by atoms with Gasteiger partial charge in [-0.25, -0.2) is 0 Å². The van der Waals surface area contributed by atoms with Gasteiger partial charge in [-0.15, -0.1) is 0 Å². The van der Waals surface area contributed by atoms with Crippen molar-refractivity contribution in [3.8, 4) is 0 Å². The summed E-state index contributed by atoms with van der Waals surface area (Å²) in [5.41, 5.74) is 1.59. The Balaban J connectivity index is 0.000000349. The molecule has 0 aromatic rings. The summed E-state index contributed by atoms with van der Waals surface area (Å²) in [6.45, 7) is 11.0. The van der Waals surface area contributed by atoms with Crippen molar-refractivity contribution >= 4 is 5.78 Å². The van der Waals surface area contributed by atoms with Crippen LogP contribution in [0.5, 0.6) is 0 Å². The average Bonchev–Trinajstić information content (AvgIpc) is 2.92. The lowest BCUT2D eigenvalue weighted by atomic mass is 9.48. The van der Waals surface area contributed by atoms with Gasteiger partial charge in [0.25, 0.3) is 0 Å². The Labute approximate surface area is 159 Å². The molecular formula is C23H37NO2. The Morgan fingerprint density at radius 1 is 1.12 bits per heavy atom. The van der Waals surface area contributed by atoms with Crippen LogP contribution in [0.15, 0.2) is 23.8 Å². The molecule has 0 bridgehead atoms. The maximum Gasteiger partial charge on any atom is 0.178 e. The van der Waals surface area contributed by atoms with Crippen LogP contribution in [-0.4, -0.2) is 30.1 Å². The molecule has 0 aromatic heterocycles. The van der Waals surface area contributed by atoms with Gasteiger partial charge in [-0.05, 0) is 86.9 Å². The van der Waals surface area contributed by atoms with Crippen molar-refractivity contribution in [3.05, 3.63) is 23.8 Å². The number of hydrogen-bond acceptors (Lipinski definition) is 3. The van der Waals surface area contributed by atoms with E-state index in [4.69, 9.17) is 0 Å². The second kappa shape index (κ2) is 7.59. The van der Waals surface area contributed by atoms with E-state index in [0.717, 1.165) is 38.3 Å². The average molecular weight is 360 g/mol. The predicted octanol–water partition coefficient (Wildman–Crippen LogP) is 4.27. The summed E-state index contributed by atoms with van der Waals surface area (Å²) >= 11 is 0. The minimum Gasteiger partial charge on any atom is -0.393 e. The summed E-state index contributed by atoms with van der Waals surface area (Å²) in [5, 5.41) is 13.5. The standard InChI is InChI=1S/C19H26O2.C4H11N/c1-18-9-7-13(20)11-12(18)3-4-14-15-5-6-17(21)19(15,2)10-8-16(14)18;1-3-5-4-2/h7,9,11,14-17,21H,3-6,8,10H2,1-2H3;5H,3-4H2,1-2H3/t14-,15-,16-,17-,18-,19-;/m0./s1. The van der Waals surface area contributed by atoms with Gasteiger partial charge >= 0.3 is 0 Å². The van der Waals surface area contributed by atoms with Gasteiger partial charge in [0, 0.05) is 5.41 Å². The highest BCUT2D eigenvalue weighted by atomic mass is 16.3. The lowest BCUT2D eigenvalue weighted by molar-refractivity contribution is -0.111. The van der Waals surface area contributed by atoms with Crippen molar-refractivity contribution in [1.82, 2.24) is 5.32 Å². The minimum absolute atomic E-state index is 0.0890. The summed E-state index contributed by atoms with van der Waals surface area (Å²) in [6.07, 6.45) is 12.6. The summed E-state index contributed by atoms with van der Waals surface area (Å²) < 4.78 is 0. The van der Waals surface area contributed by atoms with Crippen LogP contribution in [0.4, 0.5) is 0 Å². The molecule has 0 saturated heterocycles. The van der Waals surface area contributed by atoms with Gasteiger partial charge in [0.05, 0.1) is 6.10 Å². The second-order valence-corrected chi connectivity index (χ2v) is 9.20. The van der Waals surface area contributed by atoms with Crippen LogP contribution >= 0.6 is 0 Å². The van der Waals surface area contributed by atoms with E-state index in [0.29, 0.717) is 11.8 Å². The number of carbonyl (C=O) groups excluding carboxylic acids is 1. The second-order valence-electron chi connectivity index (χ2n) is 9.20. The molecule has 0 spiro atoms. The smallest absolute Gasteiger partial charge is 0.178 e. The molecule has 3 nitrogen and oxygen atoms in total. The lowest BCUT2D eigenvalue weighted by Gasteiger charge is -2.56. The topological polar surface area (TPSA) is 49.3 Å². The zero-order valence-electron chi connectivity index (χ0n) is 17.1. The first-order chi connectivity index (χ1) is 12.4. The molecule has 0 amide bonds. The first kappa shape index (κ1) is 19.8. The van der Waals surface area contributed by atoms with E-state index in [-0.39, 0.29) is 22.7 Å². The number of aliphatic hydroxyl groups excluding tert-OH is 1. The maximum absolute atomic E-state index is 11.7. The molecule has 0 aromatic carbocycles.